The van der Waals surface area contributed by atoms with E-state index in [0.29, 0.717) is 12.4 Å². The predicted octanol–water partition coefficient (Wildman–Crippen LogP) is 2.05. The van der Waals surface area contributed by atoms with E-state index in [4.69, 9.17) is 9.47 Å². The van der Waals surface area contributed by atoms with E-state index in [9.17, 15) is 5.11 Å². The molecule has 0 spiro atoms. The molecule has 90 valence electrons. The van der Waals surface area contributed by atoms with Crippen molar-refractivity contribution in [3.05, 3.63) is 29.7 Å². The highest BCUT2D eigenvalue weighted by molar-refractivity contribution is 5.75. The van der Waals surface area contributed by atoms with Crippen molar-refractivity contribution in [1.82, 2.24) is 0 Å². The van der Waals surface area contributed by atoms with Crippen molar-refractivity contribution >= 4 is 11.4 Å². The van der Waals surface area contributed by atoms with Crippen LogP contribution in [0.25, 0.3) is 0 Å². The Morgan fingerprint density at radius 2 is 2.24 bits per heavy atom. The molecule has 1 fully saturated rings. The molecule has 0 aromatic heterocycles. The molecule has 1 saturated heterocycles. The SMILES string of the molecule is CC1Nc2ccc(OCC(O)=C3CO3)cc2N1. The molecule has 1 aromatic carbocycles. The quantitative estimate of drug-likeness (QED) is 0.551. The summed E-state index contributed by atoms with van der Waals surface area (Å²) in [5, 5.41) is 16.0. The highest BCUT2D eigenvalue weighted by Crippen LogP contribution is 2.32. The summed E-state index contributed by atoms with van der Waals surface area (Å²) in [6.07, 6.45) is 0.232. The van der Waals surface area contributed by atoms with E-state index in [-0.39, 0.29) is 18.5 Å². The molecular formula is C12H14N2O3. The summed E-state index contributed by atoms with van der Waals surface area (Å²) in [6.45, 7) is 2.71. The van der Waals surface area contributed by atoms with E-state index in [0.717, 1.165) is 17.1 Å². The Kier molecular flexibility index (Phi) is 2.24. The van der Waals surface area contributed by atoms with Crippen LogP contribution in [0.2, 0.25) is 0 Å². The van der Waals surface area contributed by atoms with Crippen LogP contribution in [0.3, 0.4) is 0 Å². The van der Waals surface area contributed by atoms with Crippen LogP contribution in [0.1, 0.15) is 6.92 Å². The van der Waals surface area contributed by atoms with Gasteiger partial charge in [-0.15, -0.1) is 0 Å². The smallest absolute Gasteiger partial charge is 0.175 e. The zero-order chi connectivity index (χ0) is 11.8. The van der Waals surface area contributed by atoms with Gasteiger partial charge in [-0.3, -0.25) is 0 Å². The monoisotopic (exact) mass is 234 g/mol. The average Bonchev–Trinajstić information content (AvgIpc) is 3.08. The summed E-state index contributed by atoms with van der Waals surface area (Å²) < 4.78 is 10.3. The summed E-state index contributed by atoms with van der Waals surface area (Å²) in [5.41, 5.74) is 2.09. The van der Waals surface area contributed by atoms with Crippen molar-refractivity contribution in [2.45, 2.75) is 13.1 Å². The normalized spacial score (nSPS) is 23.0. The van der Waals surface area contributed by atoms with Gasteiger partial charge in [0.1, 0.15) is 19.0 Å². The summed E-state index contributed by atoms with van der Waals surface area (Å²) in [7, 11) is 0. The molecule has 2 aliphatic rings. The fourth-order valence-electron chi connectivity index (χ4n) is 1.80. The third kappa shape index (κ3) is 2.08. The van der Waals surface area contributed by atoms with Crippen LogP contribution in [0.4, 0.5) is 11.4 Å². The lowest BCUT2D eigenvalue weighted by Gasteiger charge is -2.06. The van der Waals surface area contributed by atoms with Gasteiger partial charge in [-0.05, 0) is 19.1 Å². The Hall–Kier alpha value is -2.04. The molecule has 2 aliphatic heterocycles. The lowest BCUT2D eigenvalue weighted by molar-refractivity contribution is 0.263. The van der Waals surface area contributed by atoms with Crippen molar-refractivity contribution in [1.29, 1.82) is 0 Å². The highest BCUT2D eigenvalue weighted by atomic mass is 16.6. The maximum Gasteiger partial charge on any atom is 0.175 e. The number of aliphatic hydroxyl groups excluding tert-OH is 1. The molecule has 1 atom stereocenters. The van der Waals surface area contributed by atoms with E-state index in [1.807, 2.05) is 25.1 Å². The third-order valence-electron chi connectivity index (χ3n) is 2.72. The number of rotatable bonds is 3. The van der Waals surface area contributed by atoms with Gasteiger partial charge in [0, 0.05) is 6.07 Å². The van der Waals surface area contributed by atoms with E-state index >= 15 is 0 Å². The minimum absolute atomic E-state index is 0.150. The molecule has 1 unspecified atom stereocenters. The van der Waals surface area contributed by atoms with Gasteiger partial charge >= 0.3 is 0 Å². The second-order valence-electron chi connectivity index (χ2n) is 4.16. The fourth-order valence-corrected chi connectivity index (χ4v) is 1.80. The van der Waals surface area contributed by atoms with Gasteiger partial charge in [0.25, 0.3) is 0 Å². The van der Waals surface area contributed by atoms with Crippen LogP contribution in [0.15, 0.2) is 29.7 Å². The Bertz CT molecular complexity index is 479. The molecule has 17 heavy (non-hydrogen) atoms. The van der Waals surface area contributed by atoms with E-state index in [1.165, 1.54) is 0 Å². The maximum absolute atomic E-state index is 9.49. The summed E-state index contributed by atoms with van der Waals surface area (Å²) in [4.78, 5) is 0. The van der Waals surface area contributed by atoms with Crippen LogP contribution >= 0.6 is 0 Å². The summed E-state index contributed by atoms with van der Waals surface area (Å²) >= 11 is 0. The molecule has 1 aromatic rings. The second-order valence-corrected chi connectivity index (χ2v) is 4.16. The molecule has 5 nitrogen and oxygen atoms in total. The van der Waals surface area contributed by atoms with E-state index < -0.39 is 0 Å². The molecule has 0 amide bonds. The van der Waals surface area contributed by atoms with Crippen molar-refractivity contribution in [2.75, 3.05) is 23.8 Å². The van der Waals surface area contributed by atoms with Crippen molar-refractivity contribution < 1.29 is 14.6 Å². The van der Waals surface area contributed by atoms with Gasteiger partial charge in [-0.1, -0.05) is 0 Å². The van der Waals surface area contributed by atoms with Crippen molar-refractivity contribution in [3.63, 3.8) is 0 Å². The lowest BCUT2D eigenvalue weighted by Crippen LogP contribution is -2.16. The van der Waals surface area contributed by atoms with Crippen LogP contribution in [-0.4, -0.2) is 24.5 Å². The van der Waals surface area contributed by atoms with Crippen LogP contribution in [0.5, 0.6) is 5.75 Å². The molecule has 3 rings (SSSR count). The lowest BCUT2D eigenvalue weighted by atomic mass is 10.2. The zero-order valence-corrected chi connectivity index (χ0v) is 9.49. The molecule has 0 aliphatic carbocycles. The summed E-state index contributed by atoms with van der Waals surface area (Å²) in [6, 6.07) is 5.74. The molecule has 2 heterocycles. The standard InChI is InChI=1S/C12H14N2O3/c1-7-13-9-3-2-8(4-10(9)14-7)16-5-11(15)12-6-17-12/h2-4,7,13-15H,5-6H2,1H3. The highest BCUT2D eigenvalue weighted by Gasteiger charge is 2.20. The number of benzene rings is 1. The fraction of sp³-hybridized carbons (Fsp3) is 0.333. The second kappa shape index (κ2) is 3.76. The van der Waals surface area contributed by atoms with Crippen LogP contribution < -0.4 is 15.4 Å². The van der Waals surface area contributed by atoms with Gasteiger partial charge in [-0.25, -0.2) is 0 Å². The average molecular weight is 234 g/mol. The zero-order valence-electron chi connectivity index (χ0n) is 9.49. The Labute approximate surface area is 99.0 Å². The number of epoxide rings is 1. The molecule has 0 saturated carbocycles. The number of anilines is 2. The third-order valence-corrected chi connectivity index (χ3v) is 2.72. The number of hydrogen-bond donors (Lipinski definition) is 3. The molecular weight excluding hydrogens is 220 g/mol. The number of ether oxygens (including phenoxy) is 2. The first-order chi connectivity index (χ1) is 8.22. The number of aliphatic hydroxyl groups is 1. The summed E-state index contributed by atoms with van der Waals surface area (Å²) in [5.74, 6) is 1.52. The Morgan fingerprint density at radius 3 is 3.00 bits per heavy atom. The first-order valence-corrected chi connectivity index (χ1v) is 5.56. The van der Waals surface area contributed by atoms with E-state index in [1.54, 1.807) is 0 Å². The first kappa shape index (κ1) is 10.1. The largest absolute Gasteiger partial charge is 0.506 e. The minimum Gasteiger partial charge on any atom is -0.506 e. The number of nitrogens with one attached hydrogen (secondary N) is 2. The Morgan fingerprint density at radius 1 is 1.47 bits per heavy atom. The molecule has 5 heteroatoms. The molecule has 3 N–H and O–H groups in total. The van der Waals surface area contributed by atoms with Gasteiger partial charge in [0.15, 0.2) is 11.5 Å². The number of hydrogen-bond acceptors (Lipinski definition) is 5. The van der Waals surface area contributed by atoms with Gasteiger partial charge < -0.3 is 25.2 Å². The maximum atomic E-state index is 9.49. The number of fused-ring (bicyclic) bond motifs is 1. The van der Waals surface area contributed by atoms with Crippen molar-refractivity contribution in [2.24, 2.45) is 0 Å². The van der Waals surface area contributed by atoms with Gasteiger partial charge in [-0.2, -0.15) is 0 Å². The topological polar surface area (TPSA) is 66.0 Å². The predicted molar refractivity (Wildman–Crippen MR) is 64.3 cm³/mol. The van der Waals surface area contributed by atoms with Crippen LogP contribution in [-0.2, 0) is 4.74 Å². The van der Waals surface area contributed by atoms with Crippen molar-refractivity contribution in [3.8, 4) is 5.75 Å². The van der Waals surface area contributed by atoms with E-state index in [2.05, 4.69) is 10.6 Å². The Balaban J connectivity index is 1.68. The first-order valence-electron chi connectivity index (χ1n) is 5.56. The molecule has 0 bridgehead atoms. The van der Waals surface area contributed by atoms with Crippen LogP contribution in [0, 0.1) is 0 Å². The van der Waals surface area contributed by atoms with Gasteiger partial charge in [0.05, 0.1) is 17.5 Å². The molecule has 0 radical (unpaired) electrons. The minimum atomic E-state index is 0.150. The van der Waals surface area contributed by atoms with Gasteiger partial charge in [0.2, 0.25) is 0 Å².